The van der Waals surface area contributed by atoms with Crippen LogP contribution in [0.25, 0.3) is 0 Å². The minimum absolute atomic E-state index is 0.00364. The molecule has 0 atom stereocenters. The molecule has 3 heterocycles. The number of sulfone groups is 1. The van der Waals surface area contributed by atoms with Gasteiger partial charge >= 0.3 is 18.3 Å². The van der Waals surface area contributed by atoms with Gasteiger partial charge in [-0.2, -0.15) is 22.5 Å². The monoisotopic (exact) mass is 554 g/mol. The van der Waals surface area contributed by atoms with Crippen molar-refractivity contribution in [1.29, 1.82) is 0 Å². The smallest absolute Gasteiger partial charge is 0.375 e. The number of nitrogens with zero attached hydrogens (tertiary/aromatic N) is 4. The van der Waals surface area contributed by atoms with Crippen LogP contribution in [0.5, 0.6) is 0 Å². The van der Waals surface area contributed by atoms with E-state index in [2.05, 4.69) is 9.97 Å². The Balaban J connectivity index is 1.99. The quantitative estimate of drug-likeness (QED) is 0.461. The van der Waals surface area contributed by atoms with E-state index in [4.69, 9.17) is 9.47 Å². The summed E-state index contributed by atoms with van der Waals surface area (Å²) in [5.41, 5.74) is -1.80. The molecule has 0 unspecified atom stereocenters. The summed E-state index contributed by atoms with van der Waals surface area (Å²) in [6.45, 7) is 0.631. The van der Waals surface area contributed by atoms with Gasteiger partial charge in [-0.25, -0.2) is 22.2 Å². The minimum atomic E-state index is -5.91. The largest absolute Gasteiger partial charge is 0.378 e. The Labute approximate surface area is 209 Å². The molecule has 0 radical (unpaired) electrons. The molecule has 4 rings (SSSR count). The molecule has 2 aliphatic heterocycles. The maximum Gasteiger partial charge on any atom is 0.375 e. The van der Waals surface area contributed by atoms with E-state index in [1.165, 1.54) is 34.1 Å². The van der Waals surface area contributed by atoms with Crippen molar-refractivity contribution in [2.45, 2.75) is 28.9 Å². The zero-order chi connectivity index (χ0) is 26.8. The predicted molar refractivity (Wildman–Crippen MR) is 120 cm³/mol. The lowest BCUT2D eigenvalue weighted by molar-refractivity contribution is -0.272. The van der Waals surface area contributed by atoms with Crippen LogP contribution in [0.1, 0.15) is 11.3 Å². The first-order valence-corrected chi connectivity index (χ1v) is 13.0. The van der Waals surface area contributed by atoms with Crippen LogP contribution >= 0.6 is 0 Å². The molecule has 8 nitrogen and oxygen atoms in total. The summed E-state index contributed by atoms with van der Waals surface area (Å²) in [4.78, 5) is 9.09. The Morgan fingerprint density at radius 1 is 0.865 bits per heavy atom. The minimum Gasteiger partial charge on any atom is -0.378 e. The maximum atomic E-state index is 15.3. The average molecular weight is 555 g/mol. The van der Waals surface area contributed by atoms with Crippen LogP contribution in [0.2, 0.25) is 0 Å². The number of benzene rings is 1. The molecule has 0 aliphatic carbocycles. The molecule has 1 aromatic carbocycles. The molecule has 0 bridgehead atoms. The molecule has 1 aromatic heterocycles. The van der Waals surface area contributed by atoms with Crippen LogP contribution in [-0.4, -0.2) is 83.3 Å². The van der Waals surface area contributed by atoms with Gasteiger partial charge < -0.3 is 19.3 Å². The molecule has 0 spiro atoms. The molecule has 2 fully saturated rings. The second-order valence-corrected chi connectivity index (χ2v) is 10.4. The topological polar surface area (TPSA) is 84.9 Å². The third-order valence-corrected chi connectivity index (χ3v) is 7.65. The van der Waals surface area contributed by atoms with Gasteiger partial charge in [0, 0.05) is 26.2 Å². The lowest BCUT2D eigenvalue weighted by Gasteiger charge is -2.34. The second kappa shape index (κ2) is 10.6. The van der Waals surface area contributed by atoms with E-state index in [0.29, 0.717) is 0 Å². The van der Waals surface area contributed by atoms with Gasteiger partial charge in [0.15, 0.2) is 15.7 Å². The van der Waals surface area contributed by atoms with Gasteiger partial charge in [-0.05, 0) is 5.56 Å². The Bertz CT molecular complexity index is 1190. The Kier molecular flexibility index (Phi) is 7.85. The number of hydrogen-bond donors (Lipinski definition) is 0. The highest BCUT2D eigenvalue weighted by Gasteiger charge is 2.66. The van der Waals surface area contributed by atoms with Crippen molar-refractivity contribution >= 4 is 21.6 Å². The number of rotatable bonds is 8. The summed E-state index contributed by atoms with van der Waals surface area (Å²) < 4.78 is 123. The van der Waals surface area contributed by atoms with E-state index in [-0.39, 0.29) is 58.2 Å². The molecule has 204 valence electrons. The summed E-state index contributed by atoms with van der Waals surface area (Å²) in [5, 5.41) is 0. The lowest BCUT2D eigenvalue weighted by Crippen LogP contribution is -2.47. The van der Waals surface area contributed by atoms with Gasteiger partial charge in [0.1, 0.15) is 10.6 Å². The van der Waals surface area contributed by atoms with Crippen molar-refractivity contribution in [3.05, 3.63) is 41.6 Å². The highest BCUT2D eigenvalue weighted by Crippen LogP contribution is 2.49. The Morgan fingerprint density at radius 2 is 1.41 bits per heavy atom. The normalized spacial score (nSPS) is 17.9. The predicted octanol–water partition coefficient (Wildman–Crippen LogP) is 3.12. The van der Waals surface area contributed by atoms with Crippen molar-refractivity contribution in [2.24, 2.45) is 0 Å². The van der Waals surface area contributed by atoms with E-state index >= 15 is 8.78 Å². The van der Waals surface area contributed by atoms with Crippen molar-refractivity contribution in [1.82, 2.24) is 9.97 Å². The summed E-state index contributed by atoms with van der Waals surface area (Å²) in [7, 11) is -4.85. The van der Waals surface area contributed by atoms with Crippen LogP contribution in [0, 0.1) is 0 Å². The van der Waals surface area contributed by atoms with E-state index in [1.807, 2.05) is 0 Å². The van der Waals surface area contributed by atoms with Gasteiger partial charge in [0.25, 0.3) is 0 Å². The van der Waals surface area contributed by atoms with E-state index < -0.39 is 56.2 Å². The molecule has 37 heavy (non-hydrogen) atoms. The highest BCUT2D eigenvalue weighted by molar-refractivity contribution is 7.90. The summed E-state index contributed by atoms with van der Waals surface area (Å²) in [6.07, 6.45) is -4.79. The molecule has 2 aromatic rings. The lowest BCUT2D eigenvalue weighted by atomic mass is 10.1. The van der Waals surface area contributed by atoms with E-state index in [1.54, 1.807) is 6.07 Å². The summed E-state index contributed by atoms with van der Waals surface area (Å²) in [5.74, 6) is -13.5. The Hall–Kier alpha value is -2.65. The fourth-order valence-corrected chi connectivity index (χ4v) is 5.68. The fraction of sp³-hybridized carbons (Fsp3) is 0.545. The van der Waals surface area contributed by atoms with Crippen molar-refractivity contribution in [3.63, 3.8) is 0 Å². The van der Waals surface area contributed by atoms with Gasteiger partial charge in [-0.3, -0.25) is 0 Å². The zero-order valence-corrected chi connectivity index (χ0v) is 20.2. The van der Waals surface area contributed by atoms with E-state index in [9.17, 15) is 26.0 Å². The third-order valence-electron chi connectivity index (χ3n) is 5.94. The number of halogens is 6. The van der Waals surface area contributed by atoms with Crippen molar-refractivity contribution in [2.75, 3.05) is 62.4 Å². The highest BCUT2D eigenvalue weighted by atomic mass is 32.2. The number of alkyl halides is 6. The first kappa shape index (κ1) is 27.4. The average Bonchev–Trinajstić information content (AvgIpc) is 2.89. The van der Waals surface area contributed by atoms with Crippen LogP contribution in [0.3, 0.4) is 0 Å². The second-order valence-electron chi connectivity index (χ2n) is 8.47. The SMILES string of the molecule is O=S(=O)(Cc1ccccc1)c1c(N2CCOCC2)nc(N2CCOCC2)nc1C(F)(F)C(F)(F)C(F)F. The number of anilines is 2. The van der Waals surface area contributed by atoms with Gasteiger partial charge in [0.05, 0.1) is 32.2 Å². The first-order chi connectivity index (χ1) is 17.4. The number of aromatic nitrogens is 2. The van der Waals surface area contributed by atoms with Gasteiger partial charge in [-0.1, -0.05) is 30.3 Å². The molecular formula is C22H24F6N4O4S. The van der Waals surface area contributed by atoms with Gasteiger partial charge in [0.2, 0.25) is 5.95 Å². The fourth-order valence-electron chi connectivity index (χ4n) is 3.98. The maximum absolute atomic E-state index is 15.3. The van der Waals surface area contributed by atoms with Gasteiger partial charge in [-0.15, -0.1) is 0 Å². The van der Waals surface area contributed by atoms with E-state index in [0.717, 1.165) is 0 Å². The standard InChI is InChI=1S/C22H24F6N4O4S/c23-19(24)22(27,28)21(25,26)17-16(37(33,34)14-15-4-2-1-3-5-15)18(31-6-10-35-11-7-31)30-20(29-17)32-8-12-36-13-9-32/h1-5,19H,6-14H2. The van der Waals surface area contributed by atoms with Crippen LogP contribution in [0.4, 0.5) is 38.1 Å². The van der Waals surface area contributed by atoms with Crippen LogP contribution in [-0.2, 0) is 31.0 Å². The van der Waals surface area contributed by atoms with Crippen molar-refractivity contribution < 1.29 is 44.2 Å². The summed E-state index contributed by atoms with van der Waals surface area (Å²) in [6, 6.07) is 7.41. The number of morpholine rings is 2. The summed E-state index contributed by atoms with van der Waals surface area (Å²) >= 11 is 0. The van der Waals surface area contributed by atoms with Crippen molar-refractivity contribution in [3.8, 4) is 0 Å². The Morgan fingerprint density at radius 3 is 1.95 bits per heavy atom. The molecule has 0 amide bonds. The molecular weight excluding hydrogens is 530 g/mol. The first-order valence-electron chi connectivity index (χ1n) is 11.3. The molecule has 2 saturated heterocycles. The molecule has 15 heteroatoms. The molecule has 0 N–H and O–H groups in total. The third kappa shape index (κ3) is 5.48. The number of hydrogen-bond acceptors (Lipinski definition) is 8. The molecule has 2 aliphatic rings. The number of ether oxygens (including phenoxy) is 2. The van der Waals surface area contributed by atoms with Crippen LogP contribution < -0.4 is 9.80 Å². The van der Waals surface area contributed by atoms with Crippen LogP contribution in [0.15, 0.2) is 35.2 Å². The molecule has 0 saturated carbocycles. The zero-order valence-electron chi connectivity index (χ0n) is 19.4.